The maximum Gasteiger partial charge on any atom is 0.357 e. The maximum absolute atomic E-state index is 12.2. The van der Waals surface area contributed by atoms with Crippen molar-refractivity contribution in [1.82, 2.24) is 4.98 Å². The average molecular weight is 345 g/mol. The van der Waals surface area contributed by atoms with Crippen molar-refractivity contribution in [2.75, 3.05) is 11.9 Å². The number of thiazole rings is 1. The van der Waals surface area contributed by atoms with Gasteiger partial charge in [-0.3, -0.25) is 10.1 Å². The molecule has 0 fully saturated rings. The molecule has 1 N–H and O–H groups in total. The molecule has 0 saturated carbocycles. The van der Waals surface area contributed by atoms with Gasteiger partial charge < -0.3 is 9.57 Å². The highest BCUT2D eigenvalue weighted by Crippen LogP contribution is 2.20. The number of amides is 1. The minimum Gasteiger partial charge on any atom is -0.461 e. The van der Waals surface area contributed by atoms with Crippen LogP contribution >= 0.6 is 11.3 Å². The predicted octanol–water partition coefficient (Wildman–Crippen LogP) is 2.45. The highest BCUT2D eigenvalue weighted by Gasteiger charge is 2.29. The lowest BCUT2D eigenvalue weighted by atomic mass is 10.1. The van der Waals surface area contributed by atoms with Gasteiger partial charge in [0.05, 0.1) is 12.3 Å². The second-order valence-corrected chi connectivity index (χ2v) is 5.81. The van der Waals surface area contributed by atoms with Crippen molar-refractivity contribution < 1.29 is 19.2 Å². The van der Waals surface area contributed by atoms with Gasteiger partial charge in [-0.2, -0.15) is 0 Å². The van der Waals surface area contributed by atoms with Gasteiger partial charge in [-0.25, -0.2) is 9.78 Å². The van der Waals surface area contributed by atoms with Gasteiger partial charge in [0.25, 0.3) is 5.91 Å². The van der Waals surface area contributed by atoms with E-state index in [-0.39, 0.29) is 18.2 Å². The number of ether oxygens (including phenoxy) is 1. The molecule has 2 heterocycles. The Morgan fingerprint density at radius 1 is 1.38 bits per heavy atom. The van der Waals surface area contributed by atoms with Crippen molar-refractivity contribution in [2.24, 2.45) is 5.16 Å². The Hall–Kier alpha value is -2.74. The largest absolute Gasteiger partial charge is 0.461 e. The monoisotopic (exact) mass is 345 g/mol. The van der Waals surface area contributed by atoms with Crippen molar-refractivity contribution in [3.05, 3.63) is 47.0 Å². The highest BCUT2D eigenvalue weighted by atomic mass is 32.1. The van der Waals surface area contributed by atoms with Crippen molar-refractivity contribution >= 4 is 34.1 Å². The van der Waals surface area contributed by atoms with Crippen molar-refractivity contribution in [3.8, 4) is 0 Å². The van der Waals surface area contributed by atoms with E-state index in [0.717, 1.165) is 22.6 Å². The zero-order valence-corrected chi connectivity index (χ0v) is 13.7. The van der Waals surface area contributed by atoms with Crippen LogP contribution in [0.15, 0.2) is 40.9 Å². The van der Waals surface area contributed by atoms with Crippen LogP contribution in [0.5, 0.6) is 0 Å². The number of carbonyl (C=O) groups is 2. The van der Waals surface area contributed by atoms with Gasteiger partial charge in [0.2, 0.25) is 6.10 Å². The number of esters is 1. The molecule has 1 aliphatic heterocycles. The van der Waals surface area contributed by atoms with Crippen LogP contribution in [0.4, 0.5) is 5.13 Å². The third-order valence-electron chi connectivity index (χ3n) is 3.29. The Morgan fingerprint density at radius 2 is 2.17 bits per heavy atom. The number of hydrogen-bond donors (Lipinski definition) is 1. The minimum atomic E-state index is -0.713. The van der Waals surface area contributed by atoms with Crippen LogP contribution in [0.1, 0.15) is 29.4 Å². The molecule has 1 aromatic heterocycles. The normalized spacial score (nSPS) is 16.2. The molecule has 2 aromatic rings. The third kappa shape index (κ3) is 3.60. The van der Waals surface area contributed by atoms with Crippen LogP contribution in [0.2, 0.25) is 0 Å². The van der Waals surface area contributed by atoms with E-state index in [9.17, 15) is 9.59 Å². The molecule has 124 valence electrons. The Balaban J connectivity index is 1.58. The quantitative estimate of drug-likeness (QED) is 0.841. The summed E-state index contributed by atoms with van der Waals surface area (Å²) < 4.78 is 4.86. The lowest BCUT2D eigenvalue weighted by Crippen LogP contribution is -2.28. The molecule has 0 radical (unpaired) electrons. The van der Waals surface area contributed by atoms with Crippen LogP contribution in [-0.4, -0.2) is 35.3 Å². The van der Waals surface area contributed by atoms with Crippen molar-refractivity contribution in [3.63, 3.8) is 0 Å². The maximum atomic E-state index is 12.2. The summed E-state index contributed by atoms with van der Waals surface area (Å²) in [4.78, 5) is 33.0. The molecule has 0 saturated heterocycles. The Bertz CT molecular complexity index is 773. The topological polar surface area (TPSA) is 89.9 Å². The van der Waals surface area contributed by atoms with Gasteiger partial charge in [0, 0.05) is 11.8 Å². The van der Waals surface area contributed by atoms with E-state index in [4.69, 9.17) is 9.57 Å². The average Bonchev–Trinajstić information content (AvgIpc) is 3.25. The van der Waals surface area contributed by atoms with E-state index in [2.05, 4.69) is 15.5 Å². The number of carbonyl (C=O) groups excluding carboxylic acids is 2. The van der Waals surface area contributed by atoms with E-state index < -0.39 is 12.1 Å². The number of oxime groups is 1. The fourth-order valence-corrected chi connectivity index (χ4v) is 2.82. The number of aromatic nitrogens is 1. The molecule has 0 spiro atoms. The fraction of sp³-hybridized carbons (Fsp3) is 0.250. The number of hydrogen-bond acceptors (Lipinski definition) is 7. The molecule has 3 rings (SSSR count). The van der Waals surface area contributed by atoms with Crippen molar-refractivity contribution in [2.45, 2.75) is 19.4 Å². The van der Waals surface area contributed by atoms with Crippen LogP contribution in [0.3, 0.4) is 0 Å². The summed E-state index contributed by atoms with van der Waals surface area (Å²) >= 11 is 1.15. The van der Waals surface area contributed by atoms with Crippen LogP contribution in [0, 0.1) is 0 Å². The minimum absolute atomic E-state index is 0.172. The lowest BCUT2D eigenvalue weighted by Gasteiger charge is -2.06. The predicted molar refractivity (Wildman–Crippen MR) is 89.2 cm³/mol. The standard InChI is InChI=1S/C16H15N3O4S/c1-2-22-15(21)12-9-24-16(17-12)18-14(20)13-8-11(19-23-13)10-6-4-3-5-7-10/h3-7,9,13H,2,8H2,1H3,(H,17,18,20). The molecule has 24 heavy (non-hydrogen) atoms. The number of nitrogens with zero attached hydrogens (tertiary/aromatic N) is 2. The summed E-state index contributed by atoms with van der Waals surface area (Å²) in [5, 5.41) is 8.46. The first kappa shape index (κ1) is 16.1. The van der Waals surface area contributed by atoms with Crippen LogP contribution in [0.25, 0.3) is 0 Å². The molecule has 1 amide bonds. The zero-order chi connectivity index (χ0) is 16.9. The number of anilines is 1. The fourth-order valence-electron chi connectivity index (χ4n) is 2.13. The summed E-state index contributed by atoms with van der Waals surface area (Å²) in [6.45, 7) is 1.99. The van der Waals surface area contributed by atoms with E-state index in [1.807, 2.05) is 30.3 Å². The summed E-state index contributed by atoms with van der Waals surface area (Å²) in [5.74, 6) is -0.865. The first-order valence-electron chi connectivity index (χ1n) is 7.39. The van der Waals surface area contributed by atoms with Crippen LogP contribution in [-0.2, 0) is 14.4 Å². The van der Waals surface area contributed by atoms with Crippen molar-refractivity contribution in [1.29, 1.82) is 0 Å². The second kappa shape index (κ2) is 7.22. The zero-order valence-electron chi connectivity index (χ0n) is 12.9. The molecule has 0 aliphatic carbocycles. The first-order valence-corrected chi connectivity index (χ1v) is 8.27. The van der Waals surface area contributed by atoms with Gasteiger partial charge in [0.15, 0.2) is 10.8 Å². The molecule has 1 aliphatic rings. The number of nitrogens with one attached hydrogen (secondary N) is 1. The van der Waals surface area contributed by atoms with E-state index in [1.54, 1.807) is 6.92 Å². The summed E-state index contributed by atoms with van der Waals surface area (Å²) in [7, 11) is 0. The Kier molecular flexibility index (Phi) is 4.85. The van der Waals surface area contributed by atoms with Crippen LogP contribution < -0.4 is 5.32 Å². The van der Waals surface area contributed by atoms with Gasteiger partial charge in [-0.15, -0.1) is 11.3 Å². The van der Waals surface area contributed by atoms with E-state index in [0.29, 0.717) is 11.6 Å². The molecule has 0 bridgehead atoms. The number of rotatable bonds is 5. The molecule has 1 unspecified atom stereocenters. The van der Waals surface area contributed by atoms with Gasteiger partial charge in [0.1, 0.15) is 0 Å². The highest BCUT2D eigenvalue weighted by molar-refractivity contribution is 7.14. The molecule has 8 heteroatoms. The first-order chi connectivity index (χ1) is 11.7. The van der Waals surface area contributed by atoms with E-state index in [1.165, 1.54) is 5.38 Å². The third-order valence-corrected chi connectivity index (χ3v) is 4.04. The Morgan fingerprint density at radius 3 is 2.92 bits per heavy atom. The summed E-state index contributed by atoms with van der Waals surface area (Å²) in [6.07, 6.45) is -0.332. The SMILES string of the molecule is CCOC(=O)c1csc(NC(=O)C2CC(c3ccccc3)=NO2)n1. The Labute approximate surface area is 142 Å². The van der Waals surface area contributed by atoms with Gasteiger partial charge in [-0.05, 0) is 12.5 Å². The molecule has 7 nitrogen and oxygen atoms in total. The molecular formula is C16H15N3O4S. The number of benzene rings is 1. The molecule has 1 atom stereocenters. The van der Waals surface area contributed by atoms with Gasteiger partial charge in [-0.1, -0.05) is 35.5 Å². The van der Waals surface area contributed by atoms with Gasteiger partial charge >= 0.3 is 5.97 Å². The lowest BCUT2D eigenvalue weighted by molar-refractivity contribution is -0.125. The molecule has 1 aromatic carbocycles. The molecular weight excluding hydrogens is 330 g/mol. The second-order valence-electron chi connectivity index (χ2n) is 4.95. The summed E-state index contributed by atoms with van der Waals surface area (Å²) in [6, 6.07) is 9.53. The smallest absolute Gasteiger partial charge is 0.357 e. The summed E-state index contributed by atoms with van der Waals surface area (Å²) in [5.41, 5.74) is 1.82. The van der Waals surface area contributed by atoms with E-state index >= 15 is 0 Å².